The Morgan fingerprint density at radius 3 is 3.00 bits per heavy atom. The van der Waals surface area contributed by atoms with Gasteiger partial charge in [0.15, 0.2) is 0 Å². The van der Waals surface area contributed by atoms with Gasteiger partial charge in [0, 0.05) is 6.20 Å². The number of rotatable bonds is 2. The van der Waals surface area contributed by atoms with Crippen molar-refractivity contribution in [2.45, 2.75) is 13.3 Å². The van der Waals surface area contributed by atoms with E-state index in [0.717, 1.165) is 17.6 Å². The first kappa shape index (κ1) is 8.28. The lowest BCUT2D eigenvalue weighted by atomic mass is 10.1. The van der Waals surface area contributed by atoms with Crippen molar-refractivity contribution in [1.82, 2.24) is 4.98 Å². The van der Waals surface area contributed by atoms with Crippen molar-refractivity contribution in [3.63, 3.8) is 0 Å². The van der Waals surface area contributed by atoms with E-state index in [1.807, 2.05) is 12.1 Å². The molecule has 1 heterocycles. The minimum absolute atomic E-state index is 0.525. The summed E-state index contributed by atoms with van der Waals surface area (Å²) in [5.74, 6) is 0. The van der Waals surface area contributed by atoms with Crippen molar-refractivity contribution in [1.29, 1.82) is 0 Å². The fraction of sp³-hybridized carbons (Fsp3) is 0.222. The summed E-state index contributed by atoms with van der Waals surface area (Å²) in [6.07, 6.45) is 2.64. The van der Waals surface area contributed by atoms with Crippen molar-refractivity contribution >= 4 is 17.2 Å². The number of nitrogens with zero attached hydrogens (tertiary/aromatic N) is 1. The van der Waals surface area contributed by atoms with Crippen LogP contribution in [0.25, 0.3) is 5.57 Å². The van der Waals surface area contributed by atoms with E-state index in [1.54, 1.807) is 6.20 Å². The molecule has 0 saturated carbocycles. The second-order valence-electron chi connectivity index (χ2n) is 2.32. The molecule has 1 rings (SSSR count). The molecule has 0 fully saturated rings. The topological polar surface area (TPSA) is 12.9 Å². The summed E-state index contributed by atoms with van der Waals surface area (Å²) in [5.41, 5.74) is 2.17. The van der Waals surface area contributed by atoms with Crippen molar-refractivity contribution in [2.24, 2.45) is 0 Å². The van der Waals surface area contributed by atoms with E-state index in [0.29, 0.717) is 5.15 Å². The highest BCUT2D eigenvalue weighted by Crippen LogP contribution is 2.17. The number of allylic oxidation sites excluding steroid dienone is 1. The second-order valence-corrected chi connectivity index (χ2v) is 2.71. The Bertz CT molecular complexity index is 268. The molecule has 1 aromatic heterocycles. The highest BCUT2D eigenvalue weighted by Gasteiger charge is 1.96. The van der Waals surface area contributed by atoms with Crippen molar-refractivity contribution < 1.29 is 0 Å². The summed E-state index contributed by atoms with van der Waals surface area (Å²) < 4.78 is 0. The van der Waals surface area contributed by atoms with Crippen molar-refractivity contribution in [3.8, 4) is 0 Å². The van der Waals surface area contributed by atoms with Crippen molar-refractivity contribution in [2.75, 3.05) is 0 Å². The van der Waals surface area contributed by atoms with Gasteiger partial charge in [-0.1, -0.05) is 25.1 Å². The van der Waals surface area contributed by atoms with Crippen LogP contribution in [0.2, 0.25) is 5.15 Å². The lowest BCUT2D eigenvalue weighted by Crippen LogP contribution is -1.82. The molecule has 0 bridgehead atoms. The second kappa shape index (κ2) is 3.54. The first-order chi connectivity index (χ1) is 5.24. The Labute approximate surface area is 71.7 Å². The van der Waals surface area contributed by atoms with E-state index in [2.05, 4.69) is 18.5 Å². The van der Waals surface area contributed by atoms with Gasteiger partial charge >= 0.3 is 0 Å². The average molecular weight is 168 g/mol. The maximum absolute atomic E-state index is 5.69. The Kier molecular flexibility index (Phi) is 2.66. The summed E-state index contributed by atoms with van der Waals surface area (Å²) >= 11 is 5.69. The van der Waals surface area contributed by atoms with E-state index in [-0.39, 0.29) is 0 Å². The van der Waals surface area contributed by atoms with Crippen LogP contribution in [0, 0.1) is 0 Å². The molecule has 0 aliphatic carbocycles. The molecule has 0 N–H and O–H groups in total. The SMILES string of the molecule is C=C(CC)c1ccnc(Cl)c1. The van der Waals surface area contributed by atoms with Gasteiger partial charge in [-0.05, 0) is 29.7 Å². The number of hydrogen-bond acceptors (Lipinski definition) is 1. The highest BCUT2D eigenvalue weighted by molar-refractivity contribution is 6.29. The Hall–Kier alpha value is -0.820. The molecule has 0 atom stereocenters. The molecule has 1 aromatic rings. The normalized spacial score (nSPS) is 9.64. The monoisotopic (exact) mass is 167 g/mol. The third-order valence-electron chi connectivity index (χ3n) is 1.56. The number of pyridine rings is 1. The zero-order valence-electron chi connectivity index (χ0n) is 6.47. The minimum atomic E-state index is 0.525. The molecule has 0 aromatic carbocycles. The lowest BCUT2D eigenvalue weighted by Gasteiger charge is -2.00. The Morgan fingerprint density at radius 1 is 1.73 bits per heavy atom. The van der Waals surface area contributed by atoms with Crippen LogP contribution in [0.4, 0.5) is 0 Å². The van der Waals surface area contributed by atoms with E-state index in [9.17, 15) is 0 Å². The minimum Gasteiger partial charge on any atom is -0.245 e. The molecule has 0 saturated heterocycles. The fourth-order valence-electron chi connectivity index (χ4n) is 0.827. The first-order valence-corrected chi connectivity index (χ1v) is 3.91. The summed E-state index contributed by atoms with van der Waals surface area (Å²) in [6, 6.07) is 3.74. The smallest absolute Gasteiger partial charge is 0.129 e. The van der Waals surface area contributed by atoms with Crippen LogP contribution in [0.15, 0.2) is 24.9 Å². The third kappa shape index (κ3) is 2.05. The van der Waals surface area contributed by atoms with E-state index >= 15 is 0 Å². The number of hydrogen-bond donors (Lipinski definition) is 0. The molecule has 2 heteroatoms. The van der Waals surface area contributed by atoms with Gasteiger partial charge < -0.3 is 0 Å². The average Bonchev–Trinajstić information content (AvgIpc) is 2.03. The first-order valence-electron chi connectivity index (χ1n) is 3.53. The van der Waals surface area contributed by atoms with Crippen molar-refractivity contribution in [3.05, 3.63) is 35.6 Å². The molecule has 0 unspecified atom stereocenters. The molecule has 0 amide bonds. The van der Waals surface area contributed by atoms with Crippen LogP contribution >= 0.6 is 11.6 Å². The largest absolute Gasteiger partial charge is 0.245 e. The number of halogens is 1. The van der Waals surface area contributed by atoms with Gasteiger partial charge in [-0.25, -0.2) is 4.98 Å². The van der Waals surface area contributed by atoms with Gasteiger partial charge in [0.1, 0.15) is 5.15 Å². The standard InChI is InChI=1S/C9H10ClN/c1-3-7(2)8-4-5-11-9(10)6-8/h4-6H,2-3H2,1H3. The van der Waals surface area contributed by atoms with Gasteiger partial charge in [0.05, 0.1) is 0 Å². The predicted molar refractivity (Wildman–Crippen MR) is 48.6 cm³/mol. The molecule has 11 heavy (non-hydrogen) atoms. The molecular weight excluding hydrogens is 158 g/mol. The zero-order valence-corrected chi connectivity index (χ0v) is 7.23. The Balaban J connectivity index is 2.96. The van der Waals surface area contributed by atoms with Gasteiger partial charge in [0.25, 0.3) is 0 Å². The van der Waals surface area contributed by atoms with E-state index in [1.165, 1.54) is 0 Å². The van der Waals surface area contributed by atoms with Crippen LogP contribution < -0.4 is 0 Å². The van der Waals surface area contributed by atoms with Gasteiger partial charge in [-0.15, -0.1) is 0 Å². The molecule has 0 aliphatic rings. The lowest BCUT2D eigenvalue weighted by molar-refractivity contribution is 1.23. The predicted octanol–water partition coefficient (Wildman–Crippen LogP) is 3.16. The molecule has 58 valence electrons. The molecule has 0 radical (unpaired) electrons. The Morgan fingerprint density at radius 2 is 2.45 bits per heavy atom. The van der Waals surface area contributed by atoms with Crippen LogP contribution in [0.3, 0.4) is 0 Å². The van der Waals surface area contributed by atoms with Crippen LogP contribution in [0.1, 0.15) is 18.9 Å². The summed E-state index contributed by atoms with van der Waals surface area (Å²) in [7, 11) is 0. The molecular formula is C9H10ClN. The van der Waals surface area contributed by atoms with Crippen LogP contribution in [-0.4, -0.2) is 4.98 Å². The zero-order chi connectivity index (χ0) is 8.27. The summed E-state index contributed by atoms with van der Waals surface area (Å²) in [6.45, 7) is 5.96. The van der Waals surface area contributed by atoms with Crippen LogP contribution in [0.5, 0.6) is 0 Å². The summed E-state index contributed by atoms with van der Waals surface area (Å²) in [4.78, 5) is 3.88. The van der Waals surface area contributed by atoms with E-state index in [4.69, 9.17) is 11.6 Å². The molecule has 1 nitrogen and oxygen atoms in total. The van der Waals surface area contributed by atoms with E-state index < -0.39 is 0 Å². The van der Waals surface area contributed by atoms with Gasteiger partial charge in [-0.2, -0.15) is 0 Å². The maximum atomic E-state index is 5.69. The van der Waals surface area contributed by atoms with Gasteiger partial charge in [0.2, 0.25) is 0 Å². The molecule has 0 aliphatic heterocycles. The maximum Gasteiger partial charge on any atom is 0.129 e. The fourth-order valence-corrected chi connectivity index (χ4v) is 1.00. The number of aromatic nitrogens is 1. The van der Waals surface area contributed by atoms with Gasteiger partial charge in [-0.3, -0.25) is 0 Å². The quantitative estimate of drug-likeness (QED) is 0.617. The third-order valence-corrected chi connectivity index (χ3v) is 1.77. The molecule has 0 spiro atoms. The highest BCUT2D eigenvalue weighted by atomic mass is 35.5. The summed E-state index contributed by atoms with van der Waals surface area (Å²) in [5, 5.41) is 0.525. The van der Waals surface area contributed by atoms with Crippen LogP contribution in [-0.2, 0) is 0 Å².